The standard InChI is InChI=1S/C18H20N4O2S/c1-3-24-17(23)14-12-20-18(25-2)21-16(14)19-9-11-22-10-8-13-6-4-5-7-15(13)22/h4-8,10,12H,3,9,11H2,1-2H3,(H,19,20,21). The molecule has 0 aliphatic rings. The zero-order valence-corrected chi connectivity index (χ0v) is 15.0. The Morgan fingerprint density at radius 2 is 2.16 bits per heavy atom. The number of fused-ring (bicyclic) bond motifs is 1. The van der Waals surface area contributed by atoms with Gasteiger partial charge >= 0.3 is 5.97 Å². The summed E-state index contributed by atoms with van der Waals surface area (Å²) in [6, 6.07) is 10.3. The van der Waals surface area contributed by atoms with Crippen molar-refractivity contribution in [3.8, 4) is 0 Å². The van der Waals surface area contributed by atoms with E-state index < -0.39 is 5.97 Å². The quantitative estimate of drug-likeness (QED) is 0.397. The molecule has 2 heterocycles. The lowest BCUT2D eigenvalue weighted by molar-refractivity contribution is 0.0526. The fourth-order valence-electron chi connectivity index (χ4n) is 2.59. The summed E-state index contributed by atoms with van der Waals surface area (Å²) in [6.07, 6.45) is 5.48. The molecule has 6 nitrogen and oxygen atoms in total. The molecule has 2 aromatic heterocycles. The van der Waals surface area contributed by atoms with Crippen molar-refractivity contribution in [3.63, 3.8) is 0 Å². The van der Waals surface area contributed by atoms with Crippen LogP contribution in [0.5, 0.6) is 0 Å². The van der Waals surface area contributed by atoms with Crippen LogP contribution >= 0.6 is 11.8 Å². The third-order valence-corrected chi connectivity index (χ3v) is 4.33. The molecule has 0 unspecified atom stereocenters. The van der Waals surface area contributed by atoms with Crippen LogP contribution in [0.3, 0.4) is 0 Å². The Morgan fingerprint density at radius 3 is 2.96 bits per heavy atom. The number of ether oxygens (including phenoxy) is 1. The molecule has 0 radical (unpaired) electrons. The van der Waals surface area contributed by atoms with Crippen molar-refractivity contribution in [3.05, 3.63) is 48.3 Å². The van der Waals surface area contributed by atoms with E-state index in [-0.39, 0.29) is 0 Å². The highest BCUT2D eigenvalue weighted by atomic mass is 32.2. The van der Waals surface area contributed by atoms with Crippen LogP contribution in [0.1, 0.15) is 17.3 Å². The van der Waals surface area contributed by atoms with Crippen molar-refractivity contribution in [2.24, 2.45) is 0 Å². The van der Waals surface area contributed by atoms with Crippen molar-refractivity contribution >= 4 is 34.5 Å². The average molecular weight is 356 g/mol. The Hall–Kier alpha value is -2.54. The summed E-state index contributed by atoms with van der Waals surface area (Å²) in [6.45, 7) is 3.49. The Morgan fingerprint density at radius 1 is 1.32 bits per heavy atom. The third kappa shape index (κ3) is 3.93. The molecule has 0 aliphatic heterocycles. The van der Waals surface area contributed by atoms with Crippen molar-refractivity contribution < 1.29 is 9.53 Å². The predicted octanol–water partition coefficient (Wildman–Crippen LogP) is 3.44. The maximum Gasteiger partial charge on any atom is 0.343 e. The number of aromatic nitrogens is 3. The summed E-state index contributed by atoms with van der Waals surface area (Å²) in [5, 5.41) is 5.07. The van der Waals surface area contributed by atoms with Gasteiger partial charge in [-0.25, -0.2) is 14.8 Å². The second-order valence-corrected chi connectivity index (χ2v) is 6.11. The summed E-state index contributed by atoms with van der Waals surface area (Å²) in [5.41, 5.74) is 1.54. The zero-order chi connectivity index (χ0) is 17.6. The van der Waals surface area contributed by atoms with Crippen molar-refractivity contribution in [1.29, 1.82) is 0 Å². The predicted molar refractivity (Wildman–Crippen MR) is 100 cm³/mol. The normalized spacial score (nSPS) is 10.8. The molecular weight excluding hydrogens is 336 g/mol. The minimum Gasteiger partial charge on any atom is -0.462 e. The molecule has 0 atom stereocenters. The minimum absolute atomic E-state index is 0.317. The first-order valence-electron chi connectivity index (χ1n) is 8.09. The number of thioether (sulfide) groups is 1. The summed E-state index contributed by atoms with van der Waals surface area (Å²) < 4.78 is 7.25. The summed E-state index contributed by atoms with van der Waals surface area (Å²) in [7, 11) is 0. The Labute approximate surface area is 150 Å². The van der Waals surface area contributed by atoms with E-state index >= 15 is 0 Å². The van der Waals surface area contributed by atoms with Crippen LogP contribution < -0.4 is 5.32 Å². The lowest BCUT2D eigenvalue weighted by Crippen LogP contribution is -2.16. The van der Waals surface area contributed by atoms with E-state index in [9.17, 15) is 4.79 Å². The second kappa shape index (κ2) is 8.02. The smallest absolute Gasteiger partial charge is 0.343 e. The molecule has 130 valence electrons. The molecule has 0 amide bonds. The second-order valence-electron chi connectivity index (χ2n) is 5.33. The van der Waals surface area contributed by atoms with Crippen LogP contribution in [0.2, 0.25) is 0 Å². The zero-order valence-electron chi connectivity index (χ0n) is 14.2. The molecule has 0 spiro atoms. The fourth-order valence-corrected chi connectivity index (χ4v) is 2.93. The van der Waals surface area contributed by atoms with Crippen LogP contribution in [0.15, 0.2) is 47.9 Å². The first-order valence-corrected chi connectivity index (χ1v) is 9.31. The van der Waals surface area contributed by atoms with Gasteiger partial charge in [-0.3, -0.25) is 0 Å². The highest BCUT2D eigenvalue weighted by Crippen LogP contribution is 2.18. The van der Waals surface area contributed by atoms with Gasteiger partial charge < -0.3 is 14.6 Å². The molecule has 1 aromatic carbocycles. The van der Waals surface area contributed by atoms with Crippen LogP contribution in [-0.4, -0.2) is 39.9 Å². The highest BCUT2D eigenvalue weighted by molar-refractivity contribution is 7.98. The van der Waals surface area contributed by atoms with E-state index in [2.05, 4.69) is 44.2 Å². The van der Waals surface area contributed by atoms with Crippen molar-refractivity contribution in [2.75, 3.05) is 24.7 Å². The molecule has 0 bridgehead atoms. The number of nitrogens with one attached hydrogen (secondary N) is 1. The number of hydrogen-bond donors (Lipinski definition) is 1. The maximum atomic E-state index is 12.1. The average Bonchev–Trinajstić information content (AvgIpc) is 3.05. The van der Waals surface area contributed by atoms with Crippen molar-refractivity contribution in [2.45, 2.75) is 18.6 Å². The largest absolute Gasteiger partial charge is 0.462 e. The topological polar surface area (TPSA) is 69.0 Å². The molecular formula is C18H20N4O2S. The van der Waals surface area contributed by atoms with Gasteiger partial charge in [-0.15, -0.1) is 0 Å². The van der Waals surface area contributed by atoms with Gasteiger partial charge in [0.15, 0.2) is 5.16 Å². The molecule has 0 aliphatic carbocycles. The lowest BCUT2D eigenvalue weighted by atomic mass is 10.2. The number of benzene rings is 1. The van der Waals surface area contributed by atoms with Gasteiger partial charge in [0, 0.05) is 31.0 Å². The monoisotopic (exact) mass is 356 g/mol. The fraction of sp³-hybridized carbons (Fsp3) is 0.278. The van der Waals surface area contributed by atoms with Gasteiger partial charge in [-0.1, -0.05) is 30.0 Å². The first-order chi connectivity index (χ1) is 12.2. The summed E-state index contributed by atoms with van der Waals surface area (Å²) >= 11 is 1.43. The van der Waals surface area contributed by atoms with Crippen LogP contribution in [0, 0.1) is 0 Å². The maximum absolute atomic E-state index is 12.1. The number of anilines is 1. The molecule has 3 aromatic rings. The number of rotatable bonds is 7. The van der Waals surface area contributed by atoms with E-state index in [0.717, 1.165) is 6.54 Å². The van der Waals surface area contributed by atoms with Gasteiger partial charge in [0.1, 0.15) is 11.4 Å². The molecule has 0 fully saturated rings. The number of hydrogen-bond acceptors (Lipinski definition) is 6. The number of carbonyl (C=O) groups excluding carboxylic acids is 1. The Bertz CT molecular complexity index is 878. The number of para-hydroxylation sites is 1. The van der Waals surface area contributed by atoms with Gasteiger partial charge in [-0.05, 0) is 30.7 Å². The number of carbonyl (C=O) groups is 1. The first kappa shape index (κ1) is 17.3. The van der Waals surface area contributed by atoms with Gasteiger partial charge in [0.25, 0.3) is 0 Å². The highest BCUT2D eigenvalue weighted by Gasteiger charge is 2.15. The molecule has 25 heavy (non-hydrogen) atoms. The van der Waals surface area contributed by atoms with Crippen LogP contribution in [-0.2, 0) is 11.3 Å². The lowest BCUT2D eigenvalue weighted by Gasteiger charge is -2.12. The third-order valence-electron chi connectivity index (χ3n) is 3.77. The molecule has 0 saturated carbocycles. The van der Waals surface area contributed by atoms with Crippen molar-refractivity contribution in [1.82, 2.24) is 14.5 Å². The van der Waals surface area contributed by atoms with E-state index in [1.165, 1.54) is 28.9 Å². The van der Waals surface area contributed by atoms with Gasteiger partial charge in [-0.2, -0.15) is 0 Å². The van der Waals surface area contributed by atoms with E-state index in [1.54, 1.807) is 6.92 Å². The summed E-state index contributed by atoms with van der Waals surface area (Å²) in [4.78, 5) is 20.6. The number of nitrogens with zero attached hydrogens (tertiary/aromatic N) is 3. The van der Waals surface area contributed by atoms with Crippen LogP contribution in [0.4, 0.5) is 5.82 Å². The summed E-state index contributed by atoms with van der Waals surface area (Å²) in [5.74, 6) is 0.0957. The van der Waals surface area contributed by atoms with E-state index in [1.807, 2.05) is 18.4 Å². The SMILES string of the molecule is CCOC(=O)c1cnc(SC)nc1NCCn1ccc2ccccc21. The van der Waals surface area contributed by atoms with Crippen LogP contribution in [0.25, 0.3) is 10.9 Å². The Balaban J connectivity index is 1.74. The molecule has 3 rings (SSSR count). The molecule has 1 N–H and O–H groups in total. The van der Waals surface area contributed by atoms with E-state index in [0.29, 0.717) is 29.7 Å². The van der Waals surface area contributed by atoms with Gasteiger partial charge in [0.2, 0.25) is 0 Å². The minimum atomic E-state index is -0.413. The van der Waals surface area contributed by atoms with Gasteiger partial charge in [0.05, 0.1) is 6.61 Å². The molecule has 0 saturated heterocycles. The number of esters is 1. The Kier molecular flexibility index (Phi) is 5.55. The van der Waals surface area contributed by atoms with E-state index in [4.69, 9.17) is 4.74 Å². The molecule has 7 heteroatoms.